The number of hydrogen-bond donors (Lipinski definition) is 2. The topological polar surface area (TPSA) is 74.6 Å². The van der Waals surface area contributed by atoms with E-state index in [1.165, 1.54) is 12.8 Å². The highest BCUT2D eigenvalue weighted by Gasteiger charge is 2.18. The molecular weight excluding hydrogens is 268 g/mol. The van der Waals surface area contributed by atoms with Crippen LogP contribution in [0.1, 0.15) is 64.7 Å². The van der Waals surface area contributed by atoms with Crippen LogP contribution in [0, 0.1) is 5.92 Å². The molecule has 0 saturated carbocycles. The van der Waals surface area contributed by atoms with E-state index in [0.29, 0.717) is 6.42 Å². The van der Waals surface area contributed by atoms with Crippen LogP contribution >= 0.6 is 0 Å². The molecule has 2 N–H and O–H groups in total. The molecule has 1 unspecified atom stereocenters. The lowest BCUT2D eigenvalue weighted by atomic mass is 10.0. The first-order chi connectivity index (χ1) is 10.1. The minimum atomic E-state index is -1.06. The van der Waals surface area contributed by atoms with Crippen LogP contribution in [0.2, 0.25) is 0 Å². The van der Waals surface area contributed by atoms with Gasteiger partial charge in [-0.15, -0.1) is 0 Å². The van der Waals surface area contributed by atoms with Crippen molar-refractivity contribution >= 4 is 11.9 Å². The number of carbonyl (C=O) groups is 2. The number of rotatable bonds is 13. The first-order valence-corrected chi connectivity index (χ1v) is 7.82. The molecule has 4 heteroatoms. The van der Waals surface area contributed by atoms with Gasteiger partial charge in [0, 0.05) is 0 Å². The van der Waals surface area contributed by atoms with Gasteiger partial charge < -0.3 is 10.2 Å². The van der Waals surface area contributed by atoms with Crippen LogP contribution in [0.4, 0.5) is 0 Å². The van der Waals surface area contributed by atoms with E-state index >= 15 is 0 Å². The molecule has 0 aromatic carbocycles. The predicted molar refractivity (Wildman–Crippen MR) is 84.3 cm³/mol. The third-order valence-corrected chi connectivity index (χ3v) is 3.22. The highest BCUT2D eigenvalue weighted by molar-refractivity contribution is 5.77. The third-order valence-electron chi connectivity index (χ3n) is 3.22. The quantitative estimate of drug-likeness (QED) is 0.390. The van der Waals surface area contributed by atoms with Crippen molar-refractivity contribution in [3.8, 4) is 0 Å². The molecular formula is C17H28O4. The maximum atomic E-state index is 10.8. The molecule has 0 aliphatic heterocycles. The van der Waals surface area contributed by atoms with Crippen LogP contribution in [0.25, 0.3) is 0 Å². The molecule has 0 aromatic heterocycles. The molecule has 1 atom stereocenters. The summed E-state index contributed by atoms with van der Waals surface area (Å²) in [4.78, 5) is 21.4. The molecule has 120 valence electrons. The van der Waals surface area contributed by atoms with Crippen molar-refractivity contribution in [2.45, 2.75) is 64.7 Å². The van der Waals surface area contributed by atoms with Gasteiger partial charge in [0.05, 0.1) is 12.3 Å². The van der Waals surface area contributed by atoms with Crippen molar-refractivity contribution < 1.29 is 19.8 Å². The summed E-state index contributed by atoms with van der Waals surface area (Å²) in [6.45, 7) is 2.17. The number of hydrogen-bond acceptors (Lipinski definition) is 2. The second-order valence-electron chi connectivity index (χ2n) is 5.24. The average molecular weight is 296 g/mol. The van der Waals surface area contributed by atoms with Crippen molar-refractivity contribution in [2.24, 2.45) is 5.92 Å². The molecule has 0 fully saturated rings. The van der Waals surface area contributed by atoms with E-state index in [-0.39, 0.29) is 6.42 Å². The van der Waals surface area contributed by atoms with Crippen LogP contribution in [0.3, 0.4) is 0 Å². The Morgan fingerprint density at radius 1 is 0.905 bits per heavy atom. The van der Waals surface area contributed by atoms with Crippen molar-refractivity contribution in [1.82, 2.24) is 0 Å². The summed E-state index contributed by atoms with van der Waals surface area (Å²) in [6.07, 6.45) is 16.1. The summed E-state index contributed by atoms with van der Waals surface area (Å²) in [5, 5.41) is 17.5. The van der Waals surface area contributed by atoms with Gasteiger partial charge in [0.15, 0.2) is 0 Å². The molecule has 0 rings (SSSR count). The van der Waals surface area contributed by atoms with Gasteiger partial charge in [-0.1, -0.05) is 44.1 Å². The number of unbranched alkanes of at least 4 members (excludes halogenated alkanes) is 5. The highest BCUT2D eigenvalue weighted by atomic mass is 16.4. The van der Waals surface area contributed by atoms with Gasteiger partial charge in [-0.2, -0.15) is 0 Å². The van der Waals surface area contributed by atoms with E-state index in [2.05, 4.69) is 19.1 Å². The SMILES string of the molecule is CCC/C=C/CCCCC/C=C/CC(CC(=O)O)C(=O)O. The Morgan fingerprint density at radius 3 is 2.00 bits per heavy atom. The zero-order chi connectivity index (χ0) is 15.9. The molecule has 0 radical (unpaired) electrons. The Bertz CT molecular complexity index is 345. The van der Waals surface area contributed by atoms with Crippen LogP contribution in [0.5, 0.6) is 0 Å². The summed E-state index contributed by atoms with van der Waals surface area (Å²) >= 11 is 0. The zero-order valence-electron chi connectivity index (χ0n) is 13.0. The summed E-state index contributed by atoms with van der Waals surface area (Å²) in [5.41, 5.74) is 0. The van der Waals surface area contributed by atoms with E-state index in [0.717, 1.165) is 32.1 Å². The molecule has 0 aliphatic rings. The molecule has 4 nitrogen and oxygen atoms in total. The lowest BCUT2D eigenvalue weighted by molar-refractivity contribution is -0.148. The molecule has 0 saturated heterocycles. The Morgan fingerprint density at radius 2 is 1.48 bits per heavy atom. The maximum absolute atomic E-state index is 10.8. The predicted octanol–water partition coefficient (Wildman–Crippen LogP) is 4.42. The summed E-state index contributed by atoms with van der Waals surface area (Å²) < 4.78 is 0. The van der Waals surface area contributed by atoms with Gasteiger partial charge in [0.2, 0.25) is 0 Å². The second-order valence-corrected chi connectivity index (χ2v) is 5.24. The maximum Gasteiger partial charge on any atom is 0.307 e. The van der Waals surface area contributed by atoms with Crippen molar-refractivity contribution in [2.75, 3.05) is 0 Å². The third kappa shape index (κ3) is 13.2. The second kappa shape index (κ2) is 13.4. The molecule has 0 bridgehead atoms. The van der Waals surface area contributed by atoms with Crippen molar-refractivity contribution in [3.63, 3.8) is 0 Å². The van der Waals surface area contributed by atoms with E-state index in [1.807, 2.05) is 6.08 Å². The molecule has 0 spiro atoms. The van der Waals surface area contributed by atoms with Gasteiger partial charge >= 0.3 is 11.9 Å². The average Bonchev–Trinajstić information content (AvgIpc) is 2.42. The van der Waals surface area contributed by atoms with Gasteiger partial charge in [-0.25, -0.2) is 0 Å². The normalized spacial score (nSPS) is 13.0. The summed E-state index contributed by atoms with van der Waals surface area (Å²) in [7, 11) is 0. The summed E-state index contributed by atoms with van der Waals surface area (Å²) in [5.74, 6) is -2.92. The minimum Gasteiger partial charge on any atom is -0.481 e. The van der Waals surface area contributed by atoms with Gasteiger partial charge in [0.25, 0.3) is 0 Å². The Hall–Kier alpha value is -1.58. The van der Waals surface area contributed by atoms with Crippen LogP contribution in [-0.2, 0) is 9.59 Å². The fraction of sp³-hybridized carbons (Fsp3) is 0.647. The van der Waals surface area contributed by atoms with Crippen molar-refractivity contribution in [3.05, 3.63) is 24.3 Å². The van der Waals surface area contributed by atoms with Gasteiger partial charge in [-0.05, 0) is 38.5 Å². The van der Waals surface area contributed by atoms with E-state index < -0.39 is 17.9 Å². The smallest absolute Gasteiger partial charge is 0.307 e. The van der Waals surface area contributed by atoms with Crippen LogP contribution in [-0.4, -0.2) is 22.2 Å². The molecule has 21 heavy (non-hydrogen) atoms. The van der Waals surface area contributed by atoms with Gasteiger partial charge in [-0.3, -0.25) is 9.59 Å². The zero-order valence-corrected chi connectivity index (χ0v) is 13.0. The van der Waals surface area contributed by atoms with Crippen molar-refractivity contribution in [1.29, 1.82) is 0 Å². The first kappa shape index (κ1) is 19.4. The standard InChI is InChI=1S/C17H28O4/c1-2-3-4-5-6-7-8-9-10-11-12-13-15(17(20)21)14-16(18)19/h4-5,11-12,15H,2-3,6-10,13-14H2,1H3,(H,18,19)(H,20,21)/b5-4+,12-11+. The van der Waals surface area contributed by atoms with Gasteiger partial charge in [0.1, 0.15) is 0 Å². The molecule has 0 aromatic rings. The largest absolute Gasteiger partial charge is 0.481 e. The monoisotopic (exact) mass is 296 g/mol. The fourth-order valence-electron chi connectivity index (χ4n) is 1.96. The number of carboxylic acid groups (broad SMARTS) is 2. The molecule has 0 aliphatic carbocycles. The van der Waals surface area contributed by atoms with E-state index in [9.17, 15) is 9.59 Å². The Kier molecular flexibility index (Phi) is 12.4. The number of aliphatic carboxylic acids is 2. The minimum absolute atomic E-state index is 0.293. The van der Waals surface area contributed by atoms with Crippen LogP contribution in [0.15, 0.2) is 24.3 Å². The first-order valence-electron chi connectivity index (χ1n) is 7.82. The van der Waals surface area contributed by atoms with Crippen LogP contribution < -0.4 is 0 Å². The number of carboxylic acids is 2. The lowest BCUT2D eigenvalue weighted by Gasteiger charge is -2.05. The number of allylic oxidation sites excluding steroid dienone is 4. The van der Waals surface area contributed by atoms with E-state index in [1.54, 1.807) is 6.08 Å². The fourth-order valence-corrected chi connectivity index (χ4v) is 1.96. The molecule has 0 amide bonds. The Labute approximate surface area is 127 Å². The lowest BCUT2D eigenvalue weighted by Crippen LogP contribution is -2.16. The van der Waals surface area contributed by atoms with E-state index in [4.69, 9.17) is 10.2 Å². The highest BCUT2D eigenvalue weighted by Crippen LogP contribution is 2.11. The summed E-state index contributed by atoms with van der Waals surface area (Å²) in [6, 6.07) is 0. The molecule has 0 heterocycles. The Balaban J connectivity index is 3.62.